The van der Waals surface area contributed by atoms with Gasteiger partial charge in [0.15, 0.2) is 0 Å². The van der Waals surface area contributed by atoms with E-state index in [2.05, 4.69) is 16.9 Å². The fourth-order valence-corrected chi connectivity index (χ4v) is 1.73. The van der Waals surface area contributed by atoms with Gasteiger partial charge in [0, 0.05) is 12.2 Å². The van der Waals surface area contributed by atoms with Gasteiger partial charge in [0.2, 0.25) is 5.89 Å². The van der Waals surface area contributed by atoms with Crippen LogP contribution < -0.4 is 5.73 Å². The van der Waals surface area contributed by atoms with Crippen molar-refractivity contribution in [2.24, 2.45) is 5.73 Å². The molecule has 2 aromatic heterocycles. The molecule has 0 saturated carbocycles. The fraction of sp³-hybridized carbons (Fsp3) is 0.500. The average molecular weight is 234 g/mol. The molecular formula is C12H18N4O. The summed E-state index contributed by atoms with van der Waals surface area (Å²) in [6, 6.07) is 0.00894. The summed E-state index contributed by atoms with van der Waals surface area (Å²) in [6.07, 6.45) is 4.45. The highest BCUT2D eigenvalue weighted by atomic mass is 16.4. The minimum atomic E-state index is 0.00894. The number of aromatic nitrogens is 3. The second-order valence-electron chi connectivity index (χ2n) is 4.21. The maximum atomic E-state index is 6.02. The van der Waals surface area contributed by atoms with Crippen molar-refractivity contribution in [1.82, 2.24) is 14.5 Å². The van der Waals surface area contributed by atoms with Crippen molar-refractivity contribution >= 4 is 0 Å². The van der Waals surface area contributed by atoms with Crippen LogP contribution in [0.4, 0.5) is 0 Å². The number of imidazole rings is 1. The molecule has 0 radical (unpaired) electrons. The molecule has 2 rings (SSSR count). The molecule has 0 fully saturated rings. The van der Waals surface area contributed by atoms with Gasteiger partial charge in [-0.05, 0) is 20.3 Å². The van der Waals surface area contributed by atoms with E-state index in [1.165, 1.54) is 0 Å². The molecule has 2 heterocycles. The lowest BCUT2D eigenvalue weighted by atomic mass is 10.2. The predicted molar refractivity (Wildman–Crippen MR) is 64.5 cm³/mol. The molecule has 1 atom stereocenters. The van der Waals surface area contributed by atoms with Crippen LogP contribution in [0.5, 0.6) is 0 Å². The predicted octanol–water partition coefficient (Wildman–Crippen LogP) is 1.95. The number of nitrogens with two attached hydrogens (primary N) is 1. The van der Waals surface area contributed by atoms with Gasteiger partial charge in [-0.2, -0.15) is 0 Å². The zero-order valence-corrected chi connectivity index (χ0v) is 10.5. The summed E-state index contributed by atoms with van der Waals surface area (Å²) < 4.78 is 7.54. The number of nitrogens with zero attached hydrogens (tertiary/aromatic N) is 3. The third-order valence-corrected chi connectivity index (χ3v) is 2.94. The Bertz CT molecular complexity index is 481. The minimum absolute atomic E-state index is 0.00894. The summed E-state index contributed by atoms with van der Waals surface area (Å²) in [5, 5.41) is 0. The quantitative estimate of drug-likeness (QED) is 0.877. The molecule has 0 aliphatic rings. The van der Waals surface area contributed by atoms with Crippen molar-refractivity contribution < 1.29 is 4.42 Å². The van der Waals surface area contributed by atoms with Crippen LogP contribution >= 0.6 is 0 Å². The van der Waals surface area contributed by atoms with Crippen molar-refractivity contribution in [3.05, 3.63) is 35.6 Å². The van der Waals surface area contributed by atoms with E-state index in [1.807, 2.05) is 18.4 Å². The van der Waals surface area contributed by atoms with E-state index in [9.17, 15) is 0 Å². The number of oxazole rings is 1. The molecule has 0 saturated heterocycles. The Balaban J connectivity index is 2.21. The Morgan fingerprint density at radius 1 is 1.47 bits per heavy atom. The molecule has 0 amide bonds. The largest absolute Gasteiger partial charge is 0.444 e. The topological polar surface area (TPSA) is 69.9 Å². The molecular weight excluding hydrogens is 216 g/mol. The highest BCUT2D eigenvalue weighted by Crippen LogP contribution is 2.16. The van der Waals surface area contributed by atoms with Crippen LogP contribution in [0, 0.1) is 13.8 Å². The fourth-order valence-electron chi connectivity index (χ4n) is 1.73. The van der Waals surface area contributed by atoms with Gasteiger partial charge in [-0.15, -0.1) is 0 Å². The molecule has 5 heteroatoms. The summed E-state index contributed by atoms with van der Waals surface area (Å²) in [5.41, 5.74) is 7.96. The van der Waals surface area contributed by atoms with Crippen LogP contribution in [-0.4, -0.2) is 14.5 Å². The third-order valence-electron chi connectivity index (χ3n) is 2.94. The third kappa shape index (κ3) is 2.39. The van der Waals surface area contributed by atoms with E-state index in [0.29, 0.717) is 12.4 Å². The van der Waals surface area contributed by atoms with Crippen LogP contribution in [-0.2, 0) is 6.54 Å². The Morgan fingerprint density at radius 3 is 2.82 bits per heavy atom. The van der Waals surface area contributed by atoms with Crippen molar-refractivity contribution in [3.63, 3.8) is 0 Å². The lowest BCUT2D eigenvalue weighted by Crippen LogP contribution is -2.14. The molecule has 92 valence electrons. The number of hydrogen-bond donors (Lipinski definition) is 1. The Kier molecular flexibility index (Phi) is 3.28. The normalized spacial score (nSPS) is 12.9. The number of hydrogen-bond acceptors (Lipinski definition) is 4. The monoisotopic (exact) mass is 234 g/mol. The van der Waals surface area contributed by atoms with Gasteiger partial charge < -0.3 is 14.7 Å². The molecule has 5 nitrogen and oxygen atoms in total. The number of rotatable bonds is 4. The standard InChI is InChI=1S/C12H18N4O/c1-4-10(13)11-5-14-7-16(11)6-12-15-8(2)9(3)17-12/h5,7,10H,4,6,13H2,1-3H3/t10-/m1/s1. The van der Waals surface area contributed by atoms with Gasteiger partial charge in [-0.1, -0.05) is 6.92 Å². The van der Waals surface area contributed by atoms with Gasteiger partial charge in [-0.25, -0.2) is 9.97 Å². The van der Waals surface area contributed by atoms with Gasteiger partial charge in [0.25, 0.3) is 0 Å². The summed E-state index contributed by atoms with van der Waals surface area (Å²) in [7, 11) is 0. The molecule has 0 unspecified atom stereocenters. The first-order valence-electron chi connectivity index (χ1n) is 5.80. The van der Waals surface area contributed by atoms with Gasteiger partial charge in [0.1, 0.15) is 12.3 Å². The van der Waals surface area contributed by atoms with E-state index in [1.54, 1.807) is 12.5 Å². The summed E-state index contributed by atoms with van der Waals surface area (Å²) in [6.45, 7) is 6.49. The second kappa shape index (κ2) is 4.71. The van der Waals surface area contributed by atoms with Gasteiger partial charge in [0.05, 0.1) is 17.7 Å². The maximum absolute atomic E-state index is 6.02. The van der Waals surface area contributed by atoms with E-state index in [-0.39, 0.29) is 6.04 Å². The zero-order chi connectivity index (χ0) is 12.4. The lowest BCUT2D eigenvalue weighted by molar-refractivity contribution is 0.450. The second-order valence-corrected chi connectivity index (χ2v) is 4.21. The van der Waals surface area contributed by atoms with E-state index in [4.69, 9.17) is 10.2 Å². The van der Waals surface area contributed by atoms with Crippen molar-refractivity contribution in [2.75, 3.05) is 0 Å². The first-order chi connectivity index (χ1) is 8.11. The van der Waals surface area contributed by atoms with E-state index >= 15 is 0 Å². The molecule has 2 N–H and O–H groups in total. The molecule has 0 aliphatic heterocycles. The van der Waals surface area contributed by atoms with Crippen LogP contribution in [0.15, 0.2) is 16.9 Å². The minimum Gasteiger partial charge on any atom is -0.444 e. The first-order valence-corrected chi connectivity index (χ1v) is 5.80. The van der Waals surface area contributed by atoms with E-state index in [0.717, 1.165) is 23.6 Å². The van der Waals surface area contributed by atoms with Crippen molar-refractivity contribution in [1.29, 1.82) is 0 Å². The van der Waals surface area contributed by atoms with Crippen molar-refractivity contribution in [2.45, 2.75) is 39.8 Å². The van der Waals surface area contributed by atoms with Crippen LogP contribution in [0.1, 0.15) is 42.4 Å². The molecule has 17 heavy (non-hydrogen) atoms. The SMILES string of the molecule is CC[C@@H](N)c1cncn1Cc1nc(C)c(C)o1. The number of aryl methyl sites for hydroxylation is 2. The van der Waals surface area contributed by atoms with Crippen LogP contribution in [0.2, 0.25) is 0 Å². The lowest BCUT2D eigenvalue weighted by Gasteiger charge is -2.11. The Morgan fingerprint density at radius 2 is 2.24 bits per heavy atom. The molecule has 0 aliphatic carbocycles. The Labute approximate surface area is 101 Å². The van der Waals surface area contributed by atoms with Gasteiger partial charge >= 0.3 is 0 Å². The summed E-state index contributed by atoms with van der Waals surface area (Å²) in [4.78, 5) is 8.49. The van der Waals surface area contributed by atoms with Crippen molar-refractivity contribution in [3.8, 4) is 0 Å². The summed E-state index contributed by atoms with van der Waals surface area (Å²) in [5.74, 6) is 1.56. The molecule has 2 aromatic rings. The molecule has 0 bridgehead atoms. The highest BCUT2D eigenvalue weighted by Gasteiger charge is 2.12. The molecule has 0 aromatic carbocycles. The Hall–Kier alpha value is -1.62. The van der Waals surface area contributed by atoms with Gasteiger partial charge in [-0.3, -0.25) is 0 Å². The average Bonchev–Trinajstić information content (AvgIpc) is 2.86. The highest BCUT2D eigenvalue weighted by molar-refractivity contribution is 5.09. The molecule has 0 spiro atoms. The van der Waals surface area contributed by atoms with Crippen LogP contribution in [0.3, 0.4) is 0 Å². The smallest absolute Gasteiger partial charge is 0.214 e. The maximum Gasteiger partial charge on any atom is 0.214 e. The first kappa shape index (κ1) is 11.9. The van der Waals surface area contributed by atoms with E-state index < -0.39 is 0 Å². The zero-order valence-electron chi connectivity index (χ0n) is 10.5. The van der Waals surface area contributed by atoms with Crippen LogP contribution in [0.25, 0.3) is 0 Å². The summed E-state index contributed by atoms with van der Waals surface area (Å²) >= 11 is 0.